The van der Waals surface area contributed by atoms with E-state index in [1.54, 1.807) is 42.3 Å². The molecule has 7 nitrogen and oxygen atoms in total. The second-order valence-electron chi connectivity index (χ2n) is 5.14. The monoisotopic (exact) mass is 378 g/mol. The summed E-state index contributed by atoms with van der Waals surface area (Å²) < 4.78 is 7.54. The first-order valence-electron chi connectivity index (χ1n) is 7.56. The second-order valence-corrected chi connectivity index (χ2v) is 6.58. The molecular weight excluding hydrogens is 364 g/mol. The number of aromatic nitrogens is 3. The number of benzene rings is 1. The topological polar surface area (TPSA) is 86.1 Å². The molecule has 0 aliphatic heterocycles. The number of carbonyl (C=O) groups is 2. The van der Waals surface area contributed by atoms with Crippen molar-refractivity contribution in [3.05, 3.63) is 47.0 Å². The smallest absolute Gasteiger partial charge is 0.330 e. The van der Waals surface area contributed by atoms with Crippen molar-refractivity contribution >= 4 is 45.0 Å². The number of para-hydroxylation sites is 1. The van der Waals surface area contributed by atoms with E-state index in [9.17, 15) is 9.59 Å². The maximum atomic E-state index is 12.5. The number of carbonyl (C=O) groups excluding carboxylic acids is 2. The van der Waals surface area contributed by atoms with Gasteiger partial charge in [-0.1, -0.05) is 17.7 Å². The Morgan fingerprint density at radius 1 is 1.44 bits per heavy atom. The lowest BCUT2D eigenvalue weighted by molar-refractivity contribution is -0.145. The van der Waals surface area contributed by atoms with E-state index < -0.39 is 17.9 Å². The van der Waals surface area contributed by atoms with E-state index in [4.69, 9.17) is 16.3 Å². The third-order valence-electron chi connectivity index (χ3n) is 3.39. The summed E-state index contributed by atoms with van der Waals surface area (Å²) >= 11 is 7.31. The molecule has 0 fully saturated rings. The summed E-state index contributed by atoms with van der Waals surface area (Å²) in [7, 11) is 0. The van der Waals surface area contributed by atoms with Gasteiger partial charge in [0.25, 0.3) is 5.91 Å². The van der Waals surface area contributed by atoms with Crippen molar-refractivity contribution in [2.24, 2.45) is 0 Å². The van der Waals surface area contributed by atoms with Crippen LogP contribution in [0.4, 0.5) is 0 Å². The molecule has 1 amide bonds. The summed E-state index contributed by atoms with van der Waals surface area (Å²) in [5, 5.41) is 3.40. The quantitative estimate of drug-likeness (QED) is 0.666. The zero-order chi connectivity index (χ0) is 17.8. The first-order chi connectivity index (χ1) is 12.1. The lowest BCUT2D eigenvalue weighted by atomic mass is 10.3. The van der Waals surface area contributed by atoms with Gasteiger partial charge in [-0.2, -0.15) is 0 Å². The average Bonchev–Trinajstić information content (AvgIpc) is 3.24. The van der Waals surface area contributed by atoms with Crippen molar-refractivity contribution in [2.75, 3.05) is 6.61 Å². The number of ether oxygens (including phenoxy) is 1. The van der Waals surface area contributed by atoms with Crippen LogP contribution in [0.3, 0.4) is 0 Å². The molecule has 1 aromatic carbocycles. The van der Waals surface area contributed by atoms with E-state index in [2.05, 4.69) is 15.3 Å². The normalized spacial score (nSPS) is 12.1. The van der Waals surface area contributed by atoms with Crippen molar-refractivity contribution in [1.82, 2.24) is 19.9 Å². The Morgan fingerprint density at radius 2 is 2.28 bits per heavy atom. The van der Waals surface area contributed by atoms with Crippen LogP contribution >= 0.6 is 22.9 Å². The Labute approximate surface area is 152 Å². The zero-order valence-electron chi connectivity index (χ0n) is 13.3. The first kappa shape index (κ1) is 17.4. The number of fused-ring (bicyclic) bond motifs is 1. The molecular formula is C16H15ClN4O3S. The number of hydrogen-bond donors (Lipinski definition) is 1. The molecule has 1 unspecified atom stereocenters. The van der Waals surface area contributed by atoms with Crippen LogP contribution in [-0.4, -0.2) is 39.1 Å². The Kier molecular flexibility index (Phi) is 5.30. The van der Waals surface area contributed by atoms with Gasteiger partial charge in [-0.05, 0) is 19.1 Å². The van der Waals surface area contributed by atoms with Crippen molar-refractivity contribution in [3.63, 3.8) is 0 Å². The first-order valence-corrected chi connectivity index (χ1v) is 8.76. The highest BCUT2D eigenvalue weighted by Gasteiger charge is 2.25. The number of hydrogen-bond acceptors (Lipinski definition) is 6. The third kappa shape index (κ3) is 3.97. The van der Waals surface area contributed by atoms with Gasteiger partial charge >= 0.3 is 5.97 Å². The van der Waals surface area contributed by atoms with Crippen LogP contribution in [0.1, 0.15) is 16.7 Å². The molecule has 0 saturated heterocycles. The number of nitrogens with zero attached hydrogens (tertiary/aromatic N) is 3. The Morgan fingerprint density at radius 3 is 2.96 bits per heavy atom. The SMILES string of the molecule is CCOC(=O)C(Cn1ccnc1)NC(=O)c1nc2c(Cl)cccc2s1. The Balaban J connectivity index is 1.80. The maximum absolute atomic E-state index is 12.5. The Bertz CT molecular complexity index is 894. The molecule has 3 aromatic rings. The van der Waals surface area contributed by atoms with Crippen molar-refractivity contribution < 1.29 is 14.3 Å². The average molecular weight is 379 g/mol. The molecule has 130 valence electrons. The summed E-state index contributed by atoms with van der Waals surface area (Å²) in [6, 6.07) is 4.50. The van der Waals surface area contributed by atoms with Gasteiger partial charge in [-0.15, -0.1) is 11.3 Å². The van der Waals surface area contributed by atoms with E-state index in [0.717, 1.165) is 4.70 Å². The van der Waals surface area contributed by atoms with Gasteiger partial charge in [-0.25, -0.2) is 14.8 Å². The number of amides is 1. The fourth-order valence-corrected chi connectivity index (χ4v) is 3.43. The number of esters is 1. The van der Waals surface area contributed by atoms with E-state index >= 15 is 0 Å². The molecule has 0 radical (unpaired) electrons. The number of nitrogens with one attached hydrogen (secondary N) is 1. The zero-order valence-corrected chi connectivity index (χ0v) is 14.9. The number of halogens is 1. The van der Waals surface area contributed by atoms with Crippen LogP contribution in [0.15, 0.2) is 36.9 Å². The van der Waals surface area contributed by atoms with Gasteiger partial charge in [0.1, 0.15) is 11.6 Å². The Hall–Kier alpha value is -2.45. The molecule has 0 spiro atoms. The fraction of sp³-hybridized carbons (Fsp3) is 0.250. The van der Waals surface area contributed by atoms with E-state index in [1.165, 1.54) is 11.3 Å². The van der Waals surface area contributed by atoms with Gasteiger partial charge in [-0.3, -0.25) is 4.79 Å². The molecule has 25 heavy (non-hydrogen) atoms. The summed E-state index contributed by atoms with van der Waals surface area (Å²) in [6.45, 7) is 2.16. The second kappa shape index (κ2) is 7.62. The highest BCUT2D eigenvalue weighted by Crippen LogP contribution is 2.27. The van der Waals surface area contributed by atoms with Crippen LogP contribution in [-0.2, 0) is 16.1 Å². The number of rotatable bonds is 6. The van der Waals surface area contributed by atoms with Gasteiger partial charge in [0, 0.05) is 12.4 Å². The summed E-state index contributed by atoms with van der Waals surface area (Å²) in [5.41, 5.74) is 0.571. The lowest BCUT2D eigenvalue weighted by Gasteiger charge is -2.17. The predicted molar refractivity (Wildman–Crippen MR) is 94.7 cm³/mol. The predicted octanol–water partition coefficient (Wildman–Crippen LogP) is 2.51. The van der Waals surface area contributed by atoms with Crippen molar-refractivity contribution in [1.29, 1.82) is 0 Å². The van der Waals surface area contributed by atoms with Crippen LogP contribution in [0.2, 0.25) is 5.02 Å². The van der Waals surface area contributed by atoms with Gasteiger partial charge in [0.05, 0.1) is 29.2 Å². The van der Waals surface area contributed by atoms with Gasteiger partial charge in [0.15, 0.2) is 5.01 Å². The van der Waals surface area contributed by atoms with Gasteiger partial charge < -0.3 is 14.6 Å². The largest absolute Gasteiger partial charge is 0.464 e. The highest BCUT2D eigenvalue weighted by molar-refractivity contribution is 7.20. The van der Waals surface area contributed by atoms with E-state index in [0.29, 0.717) is 10.5 Å². The molecule has 0 aliphatic carbocycles. The molecule has 0 bridgehead atoms. The minimum absolute atomic E-state index is 0.218. The molecule has 2 aromatic heterocycles. The molecule has 2 heterocycles. The van der Waals surface area contributed by atoms with E-state index in [-0.39, 0.29) is 18.2 Å². The number of imidazole rings is 1. The standard InChI is InChI=1S/C16H15ClN4O3S/c1-2-24-16(23)11(8-21-7-6-18-9-21)19-14(22)15-20-13-10(17)4-3-5-12(13)25-15/h3-7,9,11H,2,8H2,1H3,(H,19,22). The molecule has 0 aliphatic rings. The molecule has 1 N–H and O–H groups in total. The molecule has 3 rings (SSSR count). The summed E-state index contributed by atoms with van der Waals surface area (Å²) in [4.78, 5) is 32.9. The maximum Gasteiger partial charge on any atom is 0.330 e. The van der Waals surface area contributed by atoms with Crippen LogP contribution < -0.4 is 5.32 Å². The number of thiazole rings is 1. The van der Waals surface area contributed by atoms with E-state index in [1.807, 2.05) is 6.07 Å². The summed E-state index contributed by atoms with van der Waals surface area (Å²) in [5.74, 6) is -0.959. The minimum atomic E-state index is -0.843. The minimum Gasteiger partial charge on any atom is -0.464 e. The summed E-state index contributed by atoms with van der Waals surface area (Å²) in [6.07, 6.45) is 4.87. The molecule has 1 atom stereocenters. The molecule has 0 saturated carbocycles. The highest BCUT2D eigenvalue weighted by atomic mass is 35.5. The molecule has 9 heteroatoms. The van der Waals surface area contributed by atoms with Crippen LogP contribution in [0, 0.1) is 0 Å². The van der Waals surface area contributed by atoms with Gasteiger partial charge in [0.2, 0.25) is 0 Å². The van der Waals surface area contributed by atoms with Crippen LogP contribution in [0.25, 0.3) is 10.2 Å². The fourth-order valence-electron chi connectivity index (χ4n) is 2.26. The van der Waals surface area contributed by atoms with Crippen LogP contribution in [0.5, 0.6) is 0 Å². The van der Waals surface area contributed by atoms with Crippen molar-refractivity contribution in [2.45, 2.75) is 19.5 Å². The lowest BCUT2D eigenvalue weighted by Crippen LogP contribution is -2.44. The third-order valence-corrected chi connectivity index (χ3v) is 4.72. The van der Waals surface area contributed by atoms with Crippen molar-refractivity contribution in [3.8, 4) is 0 Å².